The lowest BCUT2D eigenvalue weighted by molar-refractivity contribution is -0.174. The van der Waals surface area contributed by atoms with Gasteiger partial charge in [0.25, 0.3) is 0 Å². The van der Waals surface area contributed by atoms with Crippen LogP contribution in [0.2, 0.25) is 0 Å². The zero-order valence-electron chi connectivity index (χ0n) is 24.6. The first kappa shape index (κ1) is 29.3. The van der Waals surface area contributed by atoms with Gasteiger partial charge in [0.05, 0.1) is 12.2 Å². The van der Waals surface area contributed by atoms with Gasteiger partial charge in [-0.1, -0.05) is 59.4 Å². The van der Waals surface area contributed by atoms with Crippen molar-refractivity contribution in [3.63, 3.8) is 0 Å². The average molecular weight is 524 g/mol. The first-order valence-corrected chi connectivity index (χ1v) is 15.5. The van der Waals surface area contributed by atoms with Crippen LogP contribution < -0.4 is 5.32 Å². The molecule has 5 rings (SSSR count). The van der Waals surface area contributed by atoms with Crippen molar-refractivity contribution in [1.29, 1.82) is 0 Å². The highest BCUT2D eigenvalue weighted by atomic mass is 16.3. The molecule has 0 aromatic heterocycles. The number of carbonyl (C=O) groups is 1. The molecule has 0 bridgehead atoms. The van der Waals surface area contributed by atoms with Crippen molar-refractivity contribution in [3.05, 3.63) is 36.4 Å². The van der Waals surface area contributed by atoms with Crippen LogP contribution in [0.25, 0.3) is 6.08 Å². The molecule has 4 aliphatic carbocycles. The third-order valence-electron chi connectivity index (χ3n) is 11.8. The van der Waals surface area contributed by atoms with Gasteiger partial charge in [0.2, 0.25) is 5.91 Å². The Morgan fingerprint density at radius 2 is 1.76 bits per heavy atom. The SMILES string of the molecule is C=Cc1ccc(NC(=O)CC[C@@H](C)C2CCC3C4CCC5C[C@H](O)CCC5(C)C4C[C@H](O)C32C)cc1.CC. The van der Waals surface area contributed by atoms with Gasteiger partial charge in [0.1, 0.15) is 0 Å². The van der Waals surface area contributed by atoms with Gasteiger partial charge in [-0.2, -0.15) is 0 Å². The van der Waals surface area contributed by atoms with Gasteiger partial charge in [-0.25, -0.2) is 0 Å². The molecule has 1 aromatic carbocycles. The van der Waals surface area contributed by atoms with Crippen LogP contribution in [0.4, 0.5) is 5.69 Å². The summed E-state index contributed by atoms with van der Waals surface area (Å²) in [7, 11) is 0. The molecule has 0 spiro atoms. The van der Waals surface area contributed by atoms with E-state index in [4.69, 9.17) is 0 Å². The van der Waals surface area contributed by atoms with Crippen LogP contribution >= 0.6 is 0 Å². The van der Waals surface area contributed by atoms with Crippen LogP contribution in [0.15, 0.2) is 30.8 Å². The number of aliphatic hydroxyl groups is 2. The highest BCUT2D eigenvalue weighted by Gasteiger charge is 2.63. The minimum atomic E-state index is -0.265. The molecule has 4 nitrogen and oxygen atoms in total. The number of hydrogen-bond acceptors (Lipinski definition) is 3. The molecule has 0 heterocycles. The van der Waals surface area contributed by atoms with Gasteiger partial charge in [-0.05, 0) is 122 Å². The van der Waals surface area contributed by atoms with Crippen molar-refractivity contribution >= 4 is 17.7 Å². The standard InChI is InChI=1S/C32H47NO3.C2H6/c1-5-21-7-10-23(11-8-21)33-30(36)15-6-20(2)26-13-14-27-25-12-9-22-18-24(34)16-17-31(22,3)28(25)19-29(35)32(26,27)4;1-2/h5,7-8,10-11,20,22,24-29,34-35H,1,6,9,12-19H2,2-4H3,(H,33,36);1-2H3/t20-,22?,24-,25?,26?,27?,28?,29+,31?,32?;/m1./s1. The fourth-order valence-electron chi connectivity index (χ4n) is 9.65. The lowest BCUT2D eigenvalue weighted by Crippen LogP contribution is -2.58. The zero-order valence-corrected chi connectivity index (χ0v) is 24.6. The smallest absolute Gasteiger partial charge is 0.224 e. The number of amides is 1. The summed E-state index contributed by atoms with van der Waals surface area (Å²) < 4.78 is 0. The summed E-state index contributed by atoms with van der Waals surface area (Å²) in [6.07, 6.45) is 11.6. The van der Waals surface area contributed by atoms with Gasteiger partial charge < -0.3 is 15.5 Å². The molecule has 3 N–H and O–H groups in total. The molecular formula is C34H53NO3. The van der Waals surface area contributed by atoms with Gasteiger partial charge in [0.15, 0.2) is 0 Å². The van der Waals surface area contributed by atoms with E-state index in [2.05, 4.69) is 32.7 Å². The summed E-state index contributed by atoms with van der Waals surface area (Å²) in [5.74, 6) is 3.44. The van der Waals surface area contributed by atoms with Gasteiger partial charge in [-0.3, -0.25) is 4.79 Å². The van der Waals surface area contributed by atoms with E-state index < -0.39 is 0 Å². The van der Waals surface area contributed by atoms with Crippen molar-refractivity contribution in [1.82, 2.24) is 0 Å². The highest BCUT2D eigenvalue weighted by Crippen LogP contribution is 2.68. The number of hydrogen-bond donors (Lipinski definition) is 3. The maximum absolute atomic E-state index is 12.7. The molecule has 4 fully saturated rings. The summed E-state index contributed by atoms with van der Waals surface area (Å²) in [4.78, 5) is 12.7. The van der Waals surface area contributed by atoms with E-state index in [-0.39, 0.29) is 28.9 Å². The molecule has 4 heteroatoms. The van der Waals surface area contributed by atoms with E-state index >= 15 is 0 Å². The van der Waals surface area contributed by atoms with E-state index in [1.807, 2.05) is 38.1 Å². The van der Waals surface area contributed by atoms with Crippen LogP contribution in [0.1, 0.15) is 104 Å². The average Bonchev–Trinajstić information content (AvgIpc) is 3.29. The number of carbonyl (C=O) groups excluding carboxylic acids is 1. The molecule has 7 unspecified atom stereocenters. The van der Waals surface area contributed by atoms with Gasteiger partial charge >= 0.3 is 0 Å². The molecule has 0 saturated heterocycles. The second kappa shape index (κ2) is 11.8. The van der Waals surface area contributed by atoms with Crippen molar-refractivity contribution in [2.75, 3.05) is 5.32 Å². The first-order chi connectivity index (χ1) is 18.2. The van der Waals surface area contributed by atoms with Crippen LogP contribution in [0.5, 0.6) is 0 Å². The normalized spacial score (nSPS) is 40.4. The summed E-state index contributed by atoms with van der Waals surface area (Å²) in [6.45, 7) is 15.0. The van der Waals surface area contributed by atoms with Crippen LogP contribution in [0, 0.1) is 46.3 Å². The van der Waals surface area contributed by atoms with E-state index in [0.717, 1.165) is 43.4 Å². The van der Waals surface area contributed by atoms with Crippen molar-refractivity contribution in [2.24, 2.45) is 46.3 Å². The van der Waals surface area contributed by atoms with Crippen molar-refractivity contribution in [3.8, 4) is 0 Å². The van der Waals surface area contributed by atoms with Crippen molar-refractivity contribution in [2.45, 2.75) is 111 Å². The molecule has 212 valence electrons. The maximum atomic E-state index is 12.7. The van der Waals surface area contributed by atoms with E-state index in [9.17, 15) is 15.0 Å². The molecule has 1 aromatic rings. The van der Waals surface area contributed by atoms with Crippen LogP contribution in [0.3, 0.4) is 0 Å². The Morgan fingerprint density at radius 1 is 1.05 bits per heavy atom. The molecule has 4 aliphatic rings. The lowest BCUT2D eigenvalue weighted by Gasteiger charge is -2.62. The molecule has 1 amide bonds. The Hall–Kier alpha value is -1.65. The molecule has 38 heavy (non-hydrogen) atoms. The minimum absolute atomic E-state index is 0.0467. The monoisotopic (exact) mass is 523 g/mol. The molecule has 4 saturated carbocycles. The van der Waals surface area contributed by atoms with Crippen LogP contribution in [-0.4, -0.2) is 28.3 Å². The van der Waals surface area contributed by atoms with Gasteiger partial charge in [-0.15, -0.1) is 0 Å². The topological polar surface area (TPSA) is 69.6 Å². The second-order valence-corrected chi connectivity index (χ2v) is 13.3. The Labute approximate surface area is 231 Å². The van der Waals surface area contributed by atoms with Crippen LogP contribution in [-0.2, 0) is 4.79 Å². The summed E-state index contributed by atoms with van der Waals surface area (Å²) in [6, 6.07) is 7.79. The molecule has 10 atom stereocenters. The molecular weight excluding hydrogens is 470 g/mol. The predicted octanol–water partition coefficient (Wildman–Crippen LogP) is 7.70. The van der Waals surface area contributed by atoms with E-state index in [0.29, 0.717) is 41.9 Å². The highest BCUT2D eigenvalue weighted by molar-refractivity contribution is 5.90. The second-order valence-electron chi connectivity index (χ2n) is 13.3. The molecule has 0 aliphatic heterocycles. The summed E-state index contributed by atoms with van der Waals surface area (Å²) in [5, 5.41) is 25.1. The summed E-state index contributed by atoms with van der Waals surface area (Å²) >= 11 is 0. The number of aliphatic hydroxyl groups excluding tert-OH is 2. The number of benzene rings is 1. The van der Waals surface area contributed by atoms with E-state index in [1.165, 1.54) is 25.7 Å². The largest absolute Gasteiger partial charge is 0.393 e. The number of fused-ring (bicyclic) bond motifs is 5. The van der Waals surface area contributed by atoms with E-state index in [1.54, 1.807) is 6.08 Å². The number of rotatable bonds is 6. The Balaban J connectivity index is 0.00000164. The summed E-state index contributed by atoms with van der Waals surface area (Å²) in [5.41, 5.74) is 2.10. The first-order valence-electron chi connectivity index (χ1n) is 15.5. The molecule has 0 radical (unpaired) electrons. The van der Waals surface area contributed by atoms with Crippen molar-refractivity contribution < 1.29 is 15.0 Å². The van der Waals surface area contributed by atoms with Gasteiger partial charge in [0, 0.05) is 12.1 Å². The number of nitrogens with one attached hydrogen (secondary N) is 1. The minimum Gasteiger partial charge on any atom is -0.393 e. The zero-order chi connectivity index (χ0) is 27.7. The fourth-order valence-corrected chi connectivity index (χ4v) is 9.65. The Kier molecular flexibility index (Phi) is 9.14. The quantitative estimate of drug-likeness (QED) is 0.358. The Bertz CT molecular complexity index is 959. The third-order valence-corrected chi connectivity index (χ3v) is 11.8. The Morgan fingerprint density at radius 3 is 2.45 bits per heavy atom. The lowest BCUT2D eigenvalue weighted by atomic mass is 9.43. The fraction of sp³-hybridized carbons (Fsp3) is 0.735. The number of anilines is 1. The predicted molar refractivity (Wildman–Crippen MR) is 158 cm³/mol. The third kappa shape index (κ3) is 5.24. The maximum Gasteiger partial charge on any atom is 0.224 e.